The molecule has 0 radical (unpaired) electrons. The molecule has 4 heteroatoms. The molecule has 1 saturated heterocycles. The fraction of sp³-hybridized carbons (Fsp3) is 1.00. The van der Waals surface area contributed by atoms with Gasteiger partial charge < -0.3 is 15.2 Å². The van der Waals surface area contributed by atoms with Crippen molar-refractivity contribution >= 4 is 0 Å². The zero-order valence-electron chi connectivity index (χ0n) is 12.3. The normalized spacial score (nSPS) is 25.0. The van der Waals surface area contributed by atoms with Crippen LogP contribution in [0.2, 0.25) is 0 Å². The van der Waals surface area contributed by atoms with Gasteiger partial charge in [-0.2, -0.15) is 0 Å². The molecule has 108 valence electrons. The maximum atomic E-state index is 6.02. The van der Waals surface area contributed by atoms with Crippen LogP contribution in [-0.4, -0.2) is 56.5 Å². The lowest BCUT2D eigenvalue weighted by Gasteiger charge is -2.46. The molecule has 1 aliphatic rings. The van der Waals surface area contributed by atoms with E-state index >= 15 is 0 Å². The molecule has 0 aromatic carbocycles. The van der Waals surface area contributed by atoms with Crippen LogP contribution in [0, 0.1) is 0 Å². The summed E-state index contributed by atoms with van der Waals surface area (Å²) in [5.41, 5.74) is 6.01. The van der Waals surface area contributed by atoms with Gasteiger partial charge in [-0.1, -0.05) is 13.8 Å². The van der Waals surface area contributed by atoms with Crippen molar-refractivity contribution in [3.05, 3.63) is 0 Å². The Balaban J connectivity index is 2.61. The van der Waals surface area contributed by atoms with E-state index < -0.39 is 0 Å². The predicted octanol–water partition coefficient (Wildman–Crippen LogP) is 1.63. The third kappa shape index (κ3) is 3.92. The molecule has 0 spiro atoms. The summed E-state index contributed by atoms with van der Waals surface area (Å²) in [6.45, 7) is 8.68. The fourth-order valence-corrected chi connectivity index (χ4v) is 2.81. The van der Waals surface area contributed by atoms with Crippen LogP contribution in [0.5, 0.6) is 0 Å². The quantitative estimate of drug-likeness (QED) is 0.719. The van der Waals surface area contributed by atoms with Gasteiger partial charge in [-0.15, -0.1) is 0 Å². The fourth-order valence-electron chi connectivity index (χ4n) is 2.81. The predicted molar refractivity (Wildman–Crippen MR) is 74.8 cm³/mol. The Morgan fingerprint density at radius 3 is 2.72 bits per heavy atom. The second-order valence-corrected chi connectivity index (χ2v) is 5.30. The van der Waals surface area contributed by atoms with Crippen LogP contribution in [0.25, 0.3) is 0 Å². The number of nitrogens with zero attached hydrogens (tertiary/aromatic N) is 1. The van der Waals surface area contributed by atoms with Crippen LogP contribution in [-0.2, 0) is 9.47 Å². The van der Waals surface area contributed by atoms with Gasteiger partial charge in [-0.3, -0.25) is 4.90 Å². The molecular formula is C14H30N2O2. The minimum absolute atomic E-state index is 0.0109. The molecule has 2 atom stereocenters. The summed E-state index contributed by atoms with van der Waals surface area (Å²) < 4.78 is 11.3. The smallest absolute Gasteiger partial charge is 0.0702 e. The van der Waals surface area contributed by atoms with Gasteiger partial charge in [0.1, 0.15) is 0 Å². The minimum atomic E-state index is -0.0109. The molecule has 18 heavy (non-hydrogen) atoms. The van der Waals surface area contributed by atoms with Crippen molar-refractivity contribution < 1.29 is 9.47 Å². The first-order valence-corrected chi connectivity index (χ1v) is 7.28. The van der Waals surface area contributed by atoms with Gasteiger partial charge in [0.05, 0.1) is 18.2 Å². The first-order chi connectivity index (χ1) is 8.72. The summed E-state index contributed by atoms with van der Waals surface area (Å²) in [4.78, 5) is 2.49. The van der Waals surface area contributed by atoms with Crippen LogP contribution >= 0.6 is 0 Å². The van der Waals surface area contributed by atoms with Gasteiger partial charge in [0.25, 0.3) is 0 Å². The van der Waals surface area contributed by atoms with E-state index in [1.165, 1.54) is 12.8 Å². The Bertz CT molecular complexity index is 220. The molecule has 4 nitrogen and oxygen atoms in total. The van der Waals surface area contributed by atoms with Crippen LogP contribution in [0.4, 0.5) is 0 Å². The van der Waals surface area contributed by atoms with Crippen LogP contribution in [0.15, 0.2) is 0 Å². The van der Waals surface area contributed by atoms with E-state index in [4.69, 9.17) is 15.2 Å². The van der Waals surface area contributed by atoms with Crippen molar-refractivity contribution in [1.29, 1.82) is 0 Å². The summed E-state index contributed by atoms with van der Waals surface area (Å²) in [5, 5.41) is 0. The molecule has 0 bridgehead atoms. The monoisotopic (exact) mass is 258 g/mol. The van der Waals surface area contributed by atoms with E-state index in [0.29, 0.717) is 19.3 Å². The first kappa shape index (κ1) is 15.9. The molecule has 0 amide bonds. The number of piperidine rings is 1. The van der Waals surface area contributed by atoms with Crippen molar-refractivity contribution in [2.75, 3.05) is 40.0 Å². The van der Waals surface area contributed by atoms with Crippen molar-refractivity contribution in [3.63, 3.8) is 0 Å². The summed E-state index contributed by atoms with van der Waals surface area (Å²) >= 11 is 0. The van der Waals surface area contributed by atoms with Gasteiger partial charge in [-0.25, -0.2) is 0 Å². The SMILES string of the molecule is CCCOC1CCCN(C(CC)(CN)COC)C1. The number of hydrogen-bond acceptors (Lipinski definition) is 4. The van der Waals surface area contributed by atoms with Crippen molar-refractivity contribution in [2.45, 2.75) is 51.2 Å². The van der Waals surface area contributed by atoms with Crippen molar-refractivity contribution in [1.82, 2.24) is 4.90 Å². The lowest BCUT2D eigenvalue weighted by Crippen LogP contribution is -2.60. The molecule has 0 aromatic rings. The van der Waals surface area contributed by atoms with E-state index in [2.05, 4.69) is 18.7 Å². The standard InChI is InChI=1S/C14H30N2O2/c1-4-9-18-13-7-6-8-16(10-13)14(5-2,11-15)12-17-3/h13H,4-12,15H2,1-3H3. The number of rotatable bonds is 8. The molecule has 0 aromatic heterocycles. The van der Waals surface area contributed by atoms with Crippen LogP contribution in [0.1, 0.15) is 39.5 Å². The average molecular weight is 258 g/mol. The summed E-state index contributed by atoms with van der Waals surface area (Å²) in [7, 11) is 1.76. The highest BCUT2D eigenvalue weighted by Crippen LogP contribution is 2.25. The largest absolute Gasteiger partial charge is 0.383 e. The number of methoxy groups -OCH3 is 1. The lowest BCUT2D eigenvalue weighted by molar-refractivity contribution is -0.0585. The van der Waals surface area contributed by atoms with E-state index in [1.807, 2.05) is 0 Å². The highest BCUT2D eigenvalue weighted by Gasteiger charge is 2.37. The van der Waals surface area contributed by atoms with E-state index in [0.717, 1.165) is 32.5 Å². The maximum Gasteiger partial charge on any atom is 0.0702 e. The Hall–Kier alpha value is -0.160. The topological polar surface area (TPSA) is 47.7 Å². The Kier molecular flexibility index (Phi) is 7.15. The average Bonchev–Trinajstić information content (AvgIpc) is 2.43. The highest BCUT2D eigenvalue weighted by molar-refractivity contribution is 4.93. The number of ether oxygens (including phenoxy) is 2. The zero-order chi connectivity index (χ0) is 13.4. The molecule has 1 fully saturated rings. The molecular weight excluding hydrogens is 228 g/mol. The van der Waals surface area contributed by atoms with Gasteiger partial charge in [0.15, 0.2) is 0 Å². The summed E-state index contributed by atoms with van der Waals surface area (Å²) in [5.74, 6) is 0. The highest BCUT2D eigenvalue weighted by atomic mass is 16.5. The zero-order valence-corrected chi connectivity index (χ0v) is 12.3. The van der Waals surface area contributed by atoms with Gasteiger partial charge >= 0.3 is 0 Å². The van der Waals surface area contributed by atoms with Crippen LogP contribution < -0.4 is 5.73 Å². The van der Waals surface area contributed by atoms with E-state index in [9.17, 15) is 0 Å². The number of likely N-dealkylation sites (tertiary alicyclic amines) is 1. The summed E-state index contributed by atoms with van der Waals surface area (Å²) in [6.07, 6.45) is 4.85. The maximum absolute atomic E-state index is 6.02. The molecule has 2 unspecified atom stereocenters. The Morgan fingerprint density at radius 1 is 1.39 bits per heavy atom. The number of nitrogens with two attached hydrogens (primary N) is 1. The molecule has 0 aliphatic carbocycles. The molecule has 1 rings (SSSR count). The van der Waals surface area contributed by atoms with E-state index in [-0.39, 0.29) is 5.54 Å². The van der Waals surface area contributed by atoms with Crippen molar-refractivity contribution in [2.24, 2.45) is 5.73 Å². The Labute approximate surface area is 112 Å². The molecule has 2 N–H and O–H groups in total. The van der Waals surface area contributed by atoms with Gasteiger partial charge in [0, 0.05) is 26.8 Å². The van der Waals surface area contributed by atoms with Gasteiger partial charge in [-0.05, 0) is 32.2 Å². The second kappa shape index (κ2) is 8.10. The lowest BCUT2D eigenvalue weighted by atomic mass is 9.91. The minimum Gasteiger partial charge on any atom is -0.383 e. The molecule has 1 heterocycles. The third-order valence-corrected chi connectivity index (χ3v) is 4.06. The third-order valence-electron chi connectivity index (χ3n) is 4.06. The van der Waals surface area contributed by atoms with Crippen LogP contribution in [0.3, 0.4) is 0 Å². The molecule has 1 aliphatic heterocycles. The second-order valence-electron chi connectivity index (χ2n) is 5.30. The van der Waals surface area contributed by atoms with E-state index in [1.54, 1.807) is 7.11 Å². The first-order valence-electron chi connectivity index (χ1n) is 7.28. The van der Waals surface area contributed by atoms with Crippen molar-refractivity contribution in [3.8, 4) is 0 Å². The Morgan fingerprint density at radius 2 is 2.17 bits per heavy atom. The molecule has 0 saturated carbocycles. The number of hydrogen-bond donors (Lipinski definition) is 1. The van der Waals surface area contributed by atoms with Gasteiger partial charge in [0.2, 0.25) is 0 Å². The summed E-state index contributed by atoms with van der Waals surface area (Å²) in [6, 6.07) is 0.